The van der Waals surface area contributed by atoms with E-state index in [9.17, 15) is 13.6 Å². The Morgan fingerprint density at radius 1 is 1.16 bits per heavy atom. The number of nitrogens with zero attached hydrogens (tertiary/aromatic N) is 3. The molecule has 2 N–H and O–H groups in total. The highest BCUT2D eigenvalue weighted by atomic mass is 32.2. The molecule has 1 fully saturated rings. The molecule has 1 unspecified atom stereocenters. The number of halogens is 2. The maximum Gasteiger partial charge on any atom is 0.342 e. The second kappa shape index (κ2) is 9.33. The van der Waals surface area contributed by atoms with Crippen LogP contribution in [0.4, 0.5) is 13.6 Å². The van der Waals surface area contributed by atoms with E-state index < -0.39 is 16.5 Å². The number of hydrazone groups is 1. The van der Waals surface area contributed by atoms with Crippen molar-refractivity contribution in [2.24, 2.45) is 10.8 Å². The number of morpholine rings is 1. The van der Waals surface area contributed by atoms with Gasteiger partial charge >= 0.3 is 6.03 Å². The summed E-state index contributed by atoms with van der Waals surface area (Å²) in [7, 11) is 0. The van der Waals surface area contributed by atoms with Gasteiger partial charge in [0.2, 0.25) is 0 Å². The Morgan fingerprint density at radius 2 is 1.90 bits per heavy atom. The Bertz CT molecular complexity index is 969. The molecule has 0 radical (unpaired) electrons. The molecule has 1 saturated heterocycles. The van der Waals surface area contributed by atoms with Gasteiger partial charge in [0, 0.05) is 18.7 Å². The van der Waals surface area contributed by atoms with Crippen LogP contribution in [0, 0.1) is 11.6 Å². The first-order chi connectivity index (χ1) is 15.0. The van der Waals surface area contributed by atoms with Crippen molar-refractivity contribution in [1.82, 2.24) is 9.91 Å². The van der Waals surface area contributed by atoms with E-state index in [0.717, 1.165) is 23.8 Å². The summed E-state index contributed by atoms with van der Waals surface area (Å²) in [6.07, 6.45) is 1.14. The van der Waals surface area contributed by atoms with E-state index in [1.54, 1.807) is 4.90 Å². The molecule has 0 aromatic heterocycles. The first kappa shape index (κ1) is 21.7. The van der Waals surface area contributed by atoms with Gasteiger partial charge in [0.1, 0.15) is 21.5 Å². The zero-order valence-corrected chi connectivity index (χ0v) is 17.8. The Labute approximate surface area is 184 Å². The van der Waals surface area contributed by atoms with Crippen LogP contribution >= 0.6 is 11.8 Å². The lowest BCUT2D eigenvalue weighted by Gasteiger charge is -2.39. The second-order valence-electron chi connectivity index (χ2n) is 7.37. The van der Waals surface area contributed by atoms with Gasteiger partial charge in [-0.05, 0) is 43.1 Å². The molecule has 6 nitrogen and oxygen atoms in total. The molecular formula is C22H24F2N4O2S. The summed E-state index contributed by atoms with van der Waals surface area (Å²) in [5.41, 5.74) is 6.70. The van der Waals surface area contributed by atoms with Crippen LogP contribution in [0.2, 0.25) is 0 Å². The van der Waals surface area contributed by atoms with Crippen LogP contribution in [0.15, 0.2) is 53.6 Å². The molecule has 1 atom stereocenters. The normalized spacial score (nSPS) is 21.3. The molecule has 0 saturated carbocycles. The van der Waals surface area contributed by atoms with Gasteiger partial charge in [-0.25, -0.2) is 13.6 Å². The Kier molecular flexibility index (Phi) is 6.54. The largest absolute Gasteiger partial charge is 0.378 e. The first-order valence-electron chi connectivity index (χ1n) is 10.2. The molecule has 2 aliphatic heterocycles. The van der Waals surface area contributed by atoms with E-state index >= 15 is 0 Å². The monoisotopic (exact) mass is 446 g/mol. The lowest BCUT2D eigenvalue weighted by atomic mass is 10.0. The second-order valence-corrected chi connectivity index (χ2v) is 8.63. The van der Waals surface area contributed by atoms with Crippen molar-refractivity contribution >= 4 is 22.8 Å². The van der Waals surface area contributed by atoms with Crippen LogP contribution in [0.25, 0.3) is 0 Å². The number of benzene rings is 2. The topological polar surface area (TPSA) is 71.2 Å². The van der Waals surface area contributed by atoms with Crippen LogP contribution in [0.5, 0.6) is 0 Å². The number of hydrogen-bond acceptors (Lipinski definition) is 5. The highest BCUT2D eigenvalue weighted by Gasteiger charge is 2.49. The van der Waals surface area contributed by atoms with Crippen LogP contribution in [0.3, 0.4) is 0 Å². The molecule has 164 valence electrons. The lowest BCUT2D eigenvalue weighted by Crippen LogP contribution is -2.51. The highest BCUT2D eigenvalue weighted by molar-refractivity contribution is 8.15. The number of carbonyl (C=O) groups is 1. The molecule has 2 aliphatic rings. The SMILES string of the molecule is NCCCC1(c2ccccc2)SC(c2cc(F)ccc2F)=NN1C(=O)N1CCOCC1. The fourth-order valence-electron chi connectivity index (χ4n) is 3.77. The molecular weight excluding hydrogens is 422 g/mol. The van der Waals surface area contributed by atoms with Gasteiger partial charge < -0.3 is 15.4 Å². The summed E-state index contributed by atoms with van der Waals surface area (Å²) in [4.78, 5) is 14.3. The van der Waals surface area contributed by atoms with Crippen LogP contribution < -0.4 is 5.73 Å². The third-order valence-electron chi connectivity index (χ3n) is 5.36. The maximum absolute atomic E-state index is 14.6. The fraction of sp³-hybridized carbons (Fsp3) is 0.364. The Morgan fingerprint density at radius 3 is 2.61 bits per heavy atom. The third kappa shape index (κ3) is 4.30. The van der Waals surface area contributed by atoms with E-state index in [-0.39, 0.29) is 16.6 Å². The van der Waals surface area contributed by atoms with Crippen molar-refractivity contribution in [3.63, 3.8) is 0 Å². The number of nitrogens with two attached hydrogens (primary N) is 1. The molecule has 2 heterocycles. The number of thioether (sulfide) groups is 1. The zero-order valence-electron chi connectivity index (χ0n) is 17.0. The van der Waals surface area contributed by atoms with Gasteiger partial charge in [0.25, 0.3) is 0 Å². The summed E-state index contributed by atoms with van der Waals surface area (Å²) >= 11 is 1.26. The minimum Gasteiger partial charge on any atom is -0.378 e. The smallest absolute Gasteiger partial charge is 0.342 e. The van der Waals surface area contributed by atoms with Gasteiger partial charge in [0.15, 0.2) is 0 Å². The minimum absolute atomic E-state index is 0.0373. The standard InChI is InChI=1S/C22H24F2N4O2S/c23-17-7-8-19(24)18(15-17)20-26-28(21(29)27-11-13-30-14-12-27)22(31-20,9-4-10-25)16-5-2-1-3-6-16/h1-3,5-8,15H,4,9-14,25H2. The lowest BCUT2D eigenvalue weighted by molar-refractivity contribution is 0.0368. The van der Waals surface area contributed by atoms with Crippen molar-refractivity contribution in [3.05, 3.63) is 71.3 Å². The van der Waals surface area contributed by atoms with E-state index in [4.69, 9.17) is 10.5 Å². The molecule has 0 bridgehead atoms. The average molecular weight is 447 g/mol. The van der Waals surface area contributed by atoms with Crippen molar-refractivity contribution in [2.45, 2.75) is 17.7 Å². The van der Waals surface area contributed by atoms with Gasteiger partial charge in [-0.1, -0.05) is 42.1 Å². The molecule has 2 aromatic carbocycles. The third-order valence-corrected chi connectivity index (χ3v) is 6.81. The zero-order chi connectivity index (χ0) is 21.8. The Hall–Kier alpha value is -2.49. The number of hydrogen-bond donors (Lipinski definition) is 1. The summed E-state index contributed by atoms with van der Waals surface area (Å²) < 4.78 is 33.9. The quantitative estimate of drug-likeness (QED) is 0.760. The summed E-state index contributed by atoms with van der Waals surface area (Å²) in [5, 5.41) is 6.24. The summed E-state index contributed by atoms with van der Waals surface area (Å²) in [6.45, 7) is 2.21. The average Bonchev–Trinajstić information content (AvgIpc) is 3.20. The predicted octanol–water partition coefficient (Wildman–Crippen LogP) is 3.72. The minimum atomic E-state index is -0.913. The molecule has 2 amide bonds. The molecule has 0 spiro atoms. The molecule has 31 heavy (non-hydrogen) atoms. The van der Waals surface area contributed by atoms with Crippen LogP contribution in [-0.2, 0) is 9.61 Å². The number of carbonyl (C=O) groups excluding carboxylic acids is 1. The van der Waals surface area contributed by atoms with Gasteiger partial charge in [-0.15, -0.1) is 0 Å². The fourth-order valence-corrected chi connectivity index (χ4v) is 5.19. The molecule has 9 heteroatoms. The van der Waals surface area contributed by atoms with Crippen molar-refractivity contribution in [3.8, 4) is 0 Å². The van der Waals surface area contributed by atoms with Crippen molar-refractivity contribution in [1.29, 1.82) is 0 Å². The van der Waals surface area contributed by atoms with E-state index in [1.807, 2.05) is 30.3 Å². The highest BCUT2D eigenvalue weighted by Crippen LogP contribution is 2.51. The van der Waals surface area contributed by atoms with Gasteiger partial charge in [-0.2, -0.15) is 10.1 Å². The van der Waals surface area contributed by atoms with Crippen molar-refractivity contribution < 1.29 is 18.3 Å². The van der Waals surface area contributed by atoms with Crippen LogP contribution in [0.1, 0.15) is 24.0 Å². The molecule has 4 rings (SSSR count). The van der Waals surface area contributed by atoms with E-state index in [1.165, 1.54) is 16.8 Å². The number of rotatable bonds is 5. The van der Waals surface area contributed by atoms with Gasteiger partial charge in [0.05, 0.1) is 13.2 Å². The summed E-state index contributed by atoms with van der Waals surface area (Å²) in [5.74, 6) is -1.15. The molecule has 0 aliphatic carbocycles. The predicted molar refractivity (Wildman–Crippen MR) is 117 cm³/mol. The maximum atomic E-state index is 14.6. The number of urea groups is 1. The number of ether oxygens (including phenoxy) is 1. The Balaban J connectivity index is 1.81. The van der Waals surface area contributed by atoms with Crippen LogP contribution in [-0.4, -0.2) is 53.8 Å². The van der Waals surface area contributed by atoms with E-state index in [2.05, 4.69) is 5.10 Å². The first-order valence-corrected chi connectivity index (χ1v) is 11.0. The van der Waals surface area contributed by atoms with Gasteiger partial charge in [-0.3, -0.25) is 0 Å². The van der Waals surface area contributed by atoms with E-state index in [0.29, 0.717) is 45.7 Å². The number of amides is 2. The van der Waals surface area contributed by atoms with Crippen molar-refractivity contribution in [2.75, 3.05) is 32.8 Å². The molecule has 2 aromatic rings. The summed E-state index contributed by atoms with van der Waals surface area (Å²) in [6, 6.07) is 12.5.